The zero-order valence-corrected chi connectivity index (χ0v) is 32.9. The largest absolute Gasteiger partial charge is 0.750 e. The summed E-state index contributed by atoms with van der Waals surface area (Å²) in [5.74, 6) is 0. The fraction of sp³-hybridized carbons (Fsp3) is 1.00. The lowest BCUT2D eigenvalue weighted by Crippen LogP contribution is -2.63. The van der Waals surface area contributed by atoms with Crippen molar-refractivity contribution in [2.24, 2.45) is 0 Å². The van der Waals surface area contributed by atoms with Crippen LogP contribution < -0.4 is 0 Å². The van der Waals surface area contributed by atoms with Crippen molar-refractivity contribution in [2.45, 2.75) is 55.1 Å². The summed E-state index contributed by atoms with van der Waals surface area (Å²) in [7, 11) is -35.9. The molecule has 44 heteroatoms. The third-order valence-corrected chi connectivity index (χ3v) is 9.28. The van der Waals surface area contributed by atoms with Gasteiger partial charge < -0.3 is 23.1 Å². The SMILES string of the molecule is O=S([O-])O[C@@H]1[C@@H](OS(=O)(=O)O)[C@H](OC[C@H](OS(=O)(=O)O)[C@@H](OS(=O)[O-])[C@H](OS(=O)(=O)O)[C@@H](COS(=O)(=O)O)OS(=O)(=O)O)O[C@H](COS(=O)(=O)O)[C@H]1OS(=O)[O-]. The van der Waals surface area contributed by atoms with Crippen LogP contribution in [-0.2, 0) is 144 Å². The number of hydrogen-bond acceptors (Lipinski definition) is 29. The zero-order valence-electron chi connectivity index (χ0n) is 25.5. The molecule has 0 spiro atoms. The lowest BCUT2D eigenvalue weighted by atomic mass is 9.99. The molecule has 1 fully saturated rings. The zero-order chi connectivity index (χ0) is 43.8. The minimum atomic E-state index is -6.24. The smallest absolute Gasteiger partial charge is 0.397 e. The lowest BCUT2D eigenvalue weighted by Gasteiger charge is -2.44. The van der Waals surface area contributed by atoms with Crippen LogP contribution in [-0.4, -0.2) is 179 Å². The van der Waals surface area contributed by atoms with Gasteiger partial charge in [0, 0.05) is 0 Å². The Bertz CT molecular complexity index is 2060. The monoisotopic (exact) mass is 1010 g/mol. The molecule has 35 nitrogen and oxygen atoms in total. The van der Waals surface area contributed by atoms with Crippen LogP contribution in [0, 0.1) is 0 Å². The molecule has 1 aliphatic rings. The van der Waals surface area contributed by atoms with Crippen LogP contribution in [0.5, 0.6) is 0 Å². The molecule has 0 amide bonds. The molecule has 0 aliphatic carbocycles. The van der Waals surface area contributed by atoms with Gasteiger partial charge >= 0.3 is 62.4 Å². The Morgan fingerprint density at radius 2 is 0.982 bits per heavy atom. The summed E-state index contributed by atoms with van der Waals surface area (Å²) in [5, 5.41) is 0. The summed E-state index contributed by atoms with van der Waals surface area (Å²) < 4.78 is 308. The minimum absolute atomic E-state index is 1.72. The third kappa shape index (κ3) is 22.6. The Balaban J connectivity index is 4.08. The Kier molecular flexibility index (Phi) is 20.2. The average molecular weight is 1010 g/mol. The van der Waals surface area contributed by atoms with E-state index in [-0.39, 0.29) is 0 Å². The molecule has 3 unspecified atom stereocenters. The molecule has 6 N–H and O–H groups in total. The standard InChI is InChI=1S/C12H24O35S9/c13-48(14)41-7-4(2-38-51(19,20)21)40-12(11(47-56(34,35)36)10(7)43-50(17)18)37-1-5(44-53(25,26)27)8(42-49(15)16)9(46-55(31,32)33)6(45-54(28,29)30)3-39-52(22,23)24/h4-12H,1-3H2,(H,13,14)(H,15,16)(H,17,18)(H,19,20,21)(H,22,23,24)(H,25,26,27)(H,28,29,30)(H,31,32,33)(H,34,35,36)/p-3/t4-,5+,6-,7-,8-,9-,10+,11-,12-/m1/s1. The van der Waals surface area contributed by atoms with E-state index in [1.165, 1.54) is 0 Å². The van der Waals surface area contributed by atoms with E-state index in [2.05, 4.69) is 37.6 Å². The van der Waals surface area contributed by atoms with Crippen LogP contribution in [0.2, 0.25) is 0 Å². The summed E-state index contributed by atoms with van der Waals surface area (Å²) in [6.45, 7) is -6.00. The second kappa shape index (κ2) is 21.2. The van der Waals surface area contributed by atoms with Crippen molar-refractivity contribution in [3.8, 4) is 0 Å². The first-order valence-corrected chi connectivity index (χ1v) is 23.6. The number of rotatable bonds is 26. The van der Waals surface area contributed by atoms with E-state index in [4.69, 9.17) is 23.1 Å². The van der Waals surface area contributed by atoms with Gasteiger partial charge in [-0.15, -0.1) is 0 Å². The molecule has 1 rings (SSSR count). The van der Waals surface area contributed by atoms with Gasteiger partial charge in [-0.25, -0.2) is 37.7 Å². The summed E-state index contributed by atoms with van der Waals surface area (Å²) >= 11 is -12.1. The first-order valence-electron chi connectivity index (χ1n) is 12.4. The molecule has 56 heavy (non-hydrogen) atoms. The van der Waals surface area contributed by atoms with E-state index in [0.717, 1.165) is 0 Å². The first kappa shape index (κ1) is 53.4. The Morgan fingerprint density at radius 1 is 0.536 bits per heavy atom. The molecule has 0 aromatic carbocycles. The molecule has 12 atom stereocenters. The van der Waals surface area contributed by atoms with Gasteiger partial charge in [0.05, 0.1) is 53.9 Å². The van der Waals surface area contributed by atoms with Crippen LogP contribution >= 0.6 is 0 Å². The molecular weight excluding hydrogens is 993 g/mol. The van der Waals surface area contributed by atoms with Gasteiger partial charge in [-0.1, -0.05) is 0 Å². The van der Waals surface area contributed by atoms with E-state index >= 15 is 0 Å². The molecule has 0 aromatic rings. The van der Waals surface area contributed by atoms with E-state index in [0.29, 0.717) is 0 Å². The number of hydrogen-bond donors (Lipinski definition) is 6. The van der Waals surface area contributed by atoms with Gasteiger partial charge in [-0.05, 0) is 0 Å². The van der Waals surface area contributed by atoms with E-state index in [1.54, 1.807) is 0 Å². The molecule has 1 heterocycles. The molecular formula is C12H21O35S9-3. The maximum atomic E-state index is 11.8. The molecule has 336 valence electrons. The van der Waals surface area contributed by atoms with Crippen molar-refractivity contribution in [2.75, 3.05) is 19.8 Å². The Morgan fingerprint density at radius 3 is 1.38 bits per heavy atom. The van der Waals surface area contributed by atoms with E-state index < -0.39 is 171 Å². The maximum Gasteiger partial charge on any atom is 0.397 e. The summed E-state index contributed by atoms with van der Waals surface area (Å²) in [6, 6.07) is 0. The van der Waals surface area contributed by atoms with Crippen molar-refractivity contribution in [1.82, 2.24) is 0 Å². The quantitative estimate of drug-likeness (QED) is 0.0346. The molecule has 0 bridgehead atoms. The maximum absolute atomic E-state index is 11.8. The average Bonchev–Trinajstić information content (AvgIpc) is 2.93. The fourth-order valence-electron chi connectivity index (χ4n) is 3.85. The van der Waals surface area contributed by atoms with Crippen LogP contribution in [0.1, 0.15) is 0 Å². The molecule has 1 aliphatic heterocycles. The third-order valence-electron chi connectivity index (χ3n) is 5.36. The van der Waals surface area contributed by atoms with E-state index in [9.17, 15) is 90.4 Å². The van der Waals surface area contributed by atoms with Crippen molar-refractivity contribution >= 4 is 96.5 Å². The fourth-order valence-corrected chi connectivity index (χ4v) is 7.64. The normalized spacial score (nSPS) is 25.8. The summed E-state index contributed by atoms with van der Waals surface area (Å²) in [5.41, 5.74) is 0. The summed E-state index contributed by atoms with van der Waals surface area (Å²) in [4.78, 5) is 0. The van der Waals surface area contributed by atoms with Crippen LogP contribution in [0.15, 0.2) is 0 Å². The molecule has 0 aromatic heterocycles. The highest BCUT2D eigenvalue weighted by Gasteiger charge is 2.53. The first-order chi connectivity index (χ1) is 25.0. The second-order valence-corrected chi connectivity index (χ2v) is 17.4. The predicted octanol–water partition coefficient (Wildman–Crippen LogP) is -7.34. The predicted molar refractivity (Wildman–Crippen MR) is 157 cm³/mol. The van der Waals surface area contributed by atoms with Gasteiger partial charge in [0.1, 0.15) is 42.7 Å². The number of ether oxygens (including phenoxy) is 2. The van der Waals surface area contributed by atoms with Gasteiger partial charge in [0.15, 0.2) is 12.4 Å². The Hall–Kier alpha value is -0.650. The highest BCUT2D eigenvalue weighted by Crippen LogP contribution is 2.32. The van der Waals surface area contributed by atoms with Crippen LogP contribution in [0.4, 0.5) is 0 Å². The topological polar surface area (TPSA) is 548 Å². The van der Waals surface area contributed by atoms with Crippen LogP contribution in [0.25, 0.3) is 0 Å². The second-order valence-electron chi connectivity index (χ2n) is 9.20. The van der Waals surface area contributed by atoms with Crippen molar-refractivity contribution in [1.29, 1.82) is 0 Å². The van der Waals surface area contributed by atoms with Crippen molar-refractivity contribution in [3.05, 3.63) is 0 Å². The summed E-state index contributed by atoms with van der Waals surface area (Å²) in [6.07, 6.45) is -27.9. The molecule has 1 saturated heterocycles. The Labute approximate surface area is 321 Å². The van der Waals surface area contributed by atoms with Gasteiger partial charge in [-0.2, -0.15) is 50.5 Å². The van der Waals surface area contributed by atoms with Crippen LogP contribution in [0.3, 0.4) is 0 Å². The van der Waals surface area contributed by atoms with Gasteiger partial charge in [0.25, 0.3) is 0 Å². The van der Waals surface area contributed by atoms with Crippen molar-refractivity contribution in [3.63, 3.8) is 0 Å². The highest BCUT2D eigenvalue weighted by molar-refractivity contribution is 7.82. The highest BCUT2D eigenvalue weighted by atomic mass is 32.3. The molecule has 0 saturated carbocycles. The molecule has 0 radical (unpaired) electrons. The van der Waals surface area contributed by atoms with Gasteiger partial charge in [-0.3, -0.25) is 39.9 Å². The minimum Gasteiger partial charge on any atom is -0.750 e. The van der Waals surface area contributed by atoms with Crippen molar-refractivity contribution < 1.29 is 151 Å². The van der Waals surface area contributed by atoms with Gasteiger partial charge in [0.2, 0.25) is 0 Å². The van der Waals surface area contributed by atoms with E-state index in [1.807, 2.05) is 0 Å². The lowest BCUT2D eigenvalue weighted by molar-refractivity contribution is -0.291.